The summed E-state index contributed by atoms with van der Waals surface area (Å²) < 4.78 is 26.3. The molecule has 0 aliphatic heterocycles. The van der Waals surface area contributed by atoms with Crippen LogP contribution in [0.3, 0.4) is 0 Å². The number of aromatic nitrogens is 2. The van der Waals surface area contributed by atoms with Crippen LogP contribution >= 0.6 is 11.6 Å². The fourth-order valence-electron chi connectivity index (χ4n) is 1.02. The largest absolute Gasteiger partial charge is 0.380 e. The maximum absolute atomic E-state index is 12.3. The second kappa shape index (κ2) is 4.26. The molecule has 0 bridgehead atoms. The van der Waals surface area contributed by atoms with Crippen LogP contribution in [0.2, 0.25) is 0 Å². The normalized spacial score (nSPS) is 12.1. The lowest BCUT2D eigenvalue weighted by molar-refractivity contribution is -0.132. The number of halogens is 3. The van der Waals surface area contributed by atoms with Gasteiger partial charge >= 0.3 is 5.38 Å². The number of carbonyl (C=O) groups excluding carboxylic acids is 1. The summed E-state index contributed by atoms with van der Waals surface area (Å²) in [6, 6.07) is 1.66. The summed E-state index contributed by atoms with van der Waals surface area (Å²) in [5, 5.41) is 0.163. The molecule has 0 amide bonds. The van der Waals surface area contributed by atoms with E-state index in [1.54, 1.807) is 10.9 Å². The molecule has 0 radical (unpaired) electrons. The van der Waals surface area contributed by atoms with E-state index in [0.29, 0.717) is 5.69 Å². The number of hydrogen-bond acceptors (Lipinski definition) is 2. The number of carbonyl (C=O) groups is 1. The van der Waals surface area contributed by atoms with Gasteiger partial charge in [-0.05, 0) is 31.5 Å². The average molecular weight is 237 g/mol. The zero-order chi connectivity index (χ0) is 11.6. The molecule has 0 saturated carbocycles. The second-order valence-corrected chi connectivity index (χ2v) is 3.95. The van der Waals surface area contributed by atoms with E-state index in [1.807, 2.05) is 13.8 Å². The molecular weight excluding hydrogens is 226 g/mol. The van der Waals surface area contributed by atoms with Gasteiger partial charge in [-0.1, -0.05) is 0 Å². The standard InChI is InChI=1S/C9H11ClF2N2O/c1-6(2)14-4-3-7(13-14)5-8(15)9(10,11)12/h3-4,6H,5H2,1-2H3. The minimum absolute atomic E-state index is 0.130. The molecule has 1 rings (SSSR count). The molecule has 0 aliphatic rings. The highest BCUT2D eigenvalue weighted by molar-refractivity contribution is 6.32. The van der Waals surface area contributed by atoms with Crippen molar-refractivity contribution in [2.24, 2.45) is 0 Å². The molecule has 0 aromatic carbocycles. The molecule has 0 saturated heterocycles. The molecular formula is C9H11ClF2N2O. The minimum Gasteiger partial charge on any atom is -0.291 e. The molecule has 0 N–H and O–H groups in total. The molecule has 3 nitrogen and oxygen atoms in total. The van der Waals surface area contributed by atoms with Crippen LogP contribution < -0.4 is 0 Å². The molecule has 0 aliphatic carbocycles. The lowest BCUT2D eigenvalue weighted by Crippen LogP contribution is -2.23. The number of rotatable bonds is 4. The fraction of sp³-hybridized carbons (Fsp3) is 0.556. The van der Waals surface area contributed by atoms with Crippen LogP contribution in [0.25, 0.3) is 0 Å². The van der Waals surface area contributed by atoms with Crippen LogP contribution in [0, 0.1) is 0 Å². The Labute approximate surface area is 91.0 Å². The molecule has 84 valence electrons. The second-order valence-electron chi connectivity index (χ2n) is 3.48. The number of Topliss-reactive ketones (excluding diaryl/α,β-unsaturated/α-hetero) is 1. The van der Waals surface area contributed by atoms with Gasteiger partial charge in [0.05, 0.1) is 12.1 Å². The number of alkyl halides is 3. The van der Waals surface area contributed by atoms with Gasteiger partial charge in [0.1, 0.15) is 0 Å². The van der Waals surface area contributed by atoms with Crippen LogP contribution in [-0.2, 0) is 11.2 Å². The zero-order valence-corrected chi connectivity index (χ0v) is 9.13. The Morgan fingerprint density at radius 3 is 2.67 bits per heavy atom. The Hall–Kier alpha value is -0.970. The highest BCUT2D eigenvalue weighted by Crippen LogP contribution is 2.21. The molecule has 0 fully saturated rings. The molecule has 15 heavy (non-hydrogen) atoms. The maximum atomic E-state index is 12.3. The summed E-state index contributed by atoms with van der Waals surface area (Å²) in [5.41, 5.74) is 0.300. The molecule has 0 unspecified atom stereocenters. The van der Waals surface area contributed by atoms with E-state index >= 15 is 0 Å². The van der Waals surface area contributed by atoms with Crippen molar-refractivity contribution in [3.05, 3.63) is 18.0 Å². The van der Waals surface area contributed by atoms with Crippen molar-refractivity contribution in [2.75, 3.05) is 0 Å². The highest BCUT2D eigenvalue weighted by Gasteiger charge is 2.35. The zero-order valence-electron chi connectivity index (χ0n) is 8.38. The van der Waals surface area contributed by atoms with Crippen molar-refractivity contribution in [1.29, 1.82) is 0 Å². The molecule has 6 heteroatoms. The molecule has 0 spiro atoms. The van der Waals surface area contributed by atoms with Crippen molar-refractivity contribution in [3.8, 4) is 0 Å². The summed E-state index contributed by atoms with van der Waals surface area (Å²) in [4.78, 5) is 10.9. The van der Waals surface area contributed by atoms with Crippen molar-refractivity contribution in [1.82, 2.24) is 9.78 Å². The first-order valence-electron chi connectivity index (χ1n) is 4.44. The average Bonchev–Trinajstić information content (AvgIpc) is 2.50. The van der Waals surface area contributed by atoms with E-state index in [0.717, 1.165) is 0 Å². The third-order valence-corrected chi connectivity index (χ3v) is 2.06. The fourth-order valence-corrected chi connectivity index (χ4v) is 1.09. The van der Waals surface area contributed by atoms with Gasteiger partial charge in [-0.3, -0.25) is 9.48 Å². The van der Waals surface area contributed by atoms with Gasteiger partial charge in [-0.2, -0.15) is 13.9 Å². The van der Waals surface area contributed by atoms with Crippen LogP contribution in [0.15, 0.2) is 12.3 Å². The first kappa shape index (κ1) is 12.1. The van der Waals surface area contributed by atoms with Crippen molar-refractivity contribution < 1.29 is 13.6 Å². The van der Waals surface area contributed by atoms with Crippen molar-refractivity contribution >= 4 is 17.4 Å². The summed E-state index contributed by atoms with van der Waals surface area (Å²) in [6.07, 6.45) is 1.19. The Balaban J connectivity index is 2.70. The van der Waals surface area contributed by atoms with Gasteiger partial charge < -0.3 is 0 Å². The van der Waals surface area contributed by atoms with E-state index < -0.39 is 17.6 Å². The first-order valence-corrected chi connectivity index (χ1v) is 4.82. The maximum Gasteiger partial charge on any atom is 0.380 e. The SMILES string of the molecule is CC(C)n1ccc(CC(=O)C(F)(F)Cl)n1. The number of hydrogen-bond donors (Lipinski definition) is 0. The topological polar surface area (TPSA) is 34.9 Å². The third kappa shape index (κ3) is 3.27. The Morgan fingerprint density at radius 2 is 2.27 bits per heavy atom. The summed E-state index contributed by atoms with van der Waals surface area (Å²) >= 11 is 4.59. The molecule has 0 atom stereocenters. The predicted octanol–water partition coefficient (Wildman–Crippen LogP) is 2.41. The van der Waals surface area contributed by atoms with E-state index in [4.69, 9.17) is 0 Å². The molecule has 1 heterocycles. The van der Waals surface area contributed by atoms with E-state index in [9.17, 15) is 13.6 Å². The quantitative estimate of drug-likeness (QED) is 0.753. The van der Waals surface area contributed by atoms with Crippen LogP contribution in [-0.4, -0.2) is 20.9 Å². The number of ketones is 1. The first-order chi connectivity index (χ1) is 6.80. The number of nitrogens with zero attached hydrogens (tertiary/aromatic N) is 2. The van der Waals surface area contributed by atoms with E-state index in [-0.39, 0.29) is 6.04 Å². The van der Waals surface area contributed by atoms with Gasteiger partial charge in [0.25, 0.3) is 0 Å². The van der Waals surface area contributed by atoms with Crippen LogP contribution in [0.1, 0.15) is 25.6 Å². The van der Waals surface area contributed by atoms with Crippen LogP contribution in [0.5, 0.6) is 0 Å². The highest BCUT2D eigenvalue weighted by atomic mass is 35.5. The lowest BCUT2D eigenvalue weighted by Gasteiger charge is -2.05. The van der Waals surface area contributed by atoms with Crippen molar-refractivity contribution in [3.63, 3.8) is 0 Å². The van der Waals surface area contributed by atoms with Gasteiger partial charge in [0.2, 0.25) is 5.78 Å². The van der Waals surface area contributed by atoms with Gasteiger partial charge in [0.15, 0.2) is 0 Å². The summed E-state index contributed by atoms with van der Waals surface area (Å²) in [5.74, 6) is -1.34. The van der Waals surface area contributed by atoms with Crippen LogP contribution in [0.4, 0.5) is 8.78 Å². The van der Waals surface area contributed by atoms with E-state index in [2.05, 4.69) is 16.7 Å². The smallest absolute Gasteiger partial charge is 0.291 e. The summed E-state index contributed by atoms with van der Waals surface area (Å²) in [6.45, 7) is 3.80. The molecule has 1 aromatic rings. The monoisotopic (exact) mass is 236 g/mol. The van der Waals surface area contributed by atoms with Gasteiger partial charge in [0, 0.05) is 12.2 Å². The summed E-state index contributed by atoms with van der Waals surface area (Å²) in [7, 11) is 0. The van der Waals surface area contributed by atoms with Crippen molar-refractivity contribution in [2.45, 2.75) is 31.7 Å². The molecule has 1 aromatic heterocycles. The minimum atomic E-state index is -3.80. The van der Waals surface area contributed by atoms with Gasteiger partial charge in [-0.15, -0.1) is 0 Å². The Bertz CT molecular complexity index is 357. The predicted molar refractivity (Wildman–Crippen MR) is 52.1 cm³/mol. The van der Waals surface area contributed by atoms with Gasteiger partial charge in [-0.25, -0.2) is 0 Å². The third-order valence-electron chi connectivity index (χ3n) is 1.85. The lowest BCUT2D eigenvalue weighted by atomic mass is 10.2. The Morgan fingerprint density at radius 1 is 1.67 bits per heavy atom. The van der Waals surface area contributed by atoms with E-state index in [1.165, 1.54) is 6.07 Å². The Kier molecular flexibility index (Phi) is 3.44.